The SMILES string of the molecule is Cc1cc(NC(=O)CN2CCn3c(nnc3C(C)C)C2)no1. The third kappa shape index (κ3) is 3.01. The fourth-order valence-corrected chi connectivity index (χ4v) is 2.60. The van der Waals surface area contributed by atoms with E-state index in [2.05, 4.69) is 44.0 Å². The predicted octanol–water partition coefficient (Wildman–Crippen LogP) is 1.15. The maximum Gasteiger partial charge on any atom is 0.239 e. The molecule has 0 atom stereocenters. The molecule has 1 amide bonds. The summed E-state index contributed by atoms with van der Waals surface area (Å²) < 4.78 is 7.08. The van der Waals surface area contributed by atoms with Crippen LogP contribution in [-0.2, 0) is 17.9 Å². The average molecular weight is 304 g/mol. The van der Waals surface area contributed by atoms with Crippen LogP contribution >= 0.6 is 0 Å². The van der Waals surface area contributed by atoms with Crippen molar-refractivity contribution in [2.45, 2.75) is 39.8 Å². The fraction of sp³-hybridized carbons (Fsp3) is 0.571. The monoisotopic (exact) mass is 304 g/mol. The molecular weight excluding hydrogens is 284 g/mol. The number of nitrogens with one attached hydrogen (secondary N) is 1. The minimum atomic E-state index is -0.106. The highest BCUT2D eigenvalue weighted by Crippen LogP contribution is 2.18. The van der Waals surface area contributed by atoms with E-state index in [1.54, 1.807) is 13.0 Å². The van der Waals surface area contributed by atoms with Gasteiger partial charge in [-0.25, -0.2) is 0 Å². The fourth-order valence-electron chi connectivity index (χ4n) is 2.60. The number of aryl methyl sites for hydroxylation is 1. The van der Waals surface area contributed by atoms with Gasteiger partial charge >= 0.3 is 0 Å². The van der Waals surface area contributed by atoms with Crippen LogP contribution in [0.2, 0.25) is 0 Å². The zero-order valence-corrected chi connectivity index (χ0v) is 13.0. The third-order valence-electron chi connectivity index (χ3n) is 3.64. The Bertz CT molecular complexity index is 675. The first-order chi connectivity index (χ1) is 10.5. The quantitative estimate of drug-likeness (QED) is 0.911. The molecule has 8 heteroatoms. The van der Waals surface area contributed by atoms with E-state index in [1.807, 2.05) is 0 Å². The number of aromatic nitrogens is 4. The number of rotatable bonds is 4. The van der Waals surface area contributed by atoms with Gasteiger partial charge in [0.25, 0.3) is 0 Å². The molecule has 1 aliphatic rings. The molecule has 118 valence electrons. The van der Waals surface area contributed by atoms with Gasteiger partial charge in [0.1, 0.15) is 17.4 Å². The van der Waals surface area contributed by atoms with Crippen molar-refractivity contribution in [2.75, 3.05) is 18.4 Å². The molecule has 0 bridgehead atoms. The van der Waals surface area contributed by atoms with E-state index in [1.165, 1.54) is 0 Å². The summed E-state index contributed by atoms with van der Waals surface area (Å²) in [4.78, 5) is 14.1. The molecule has 22 heavy (non-hydrogen) atoms. The standard InChI is InChI=1S/C14H20N6O2/c1-9(2)14-17-16-12-7-19(4-5-20(12)14)8-13(21)15-11-6-10(3)22-18-11/h6,9H,4-5,7-8H2,1-3H3,(H,15,18,21). The topological polar surface area (TPSA) is 89.1 Å². The highest BCUT2D eigenvalue weighted by molar-refractivity contribution is 5.91. The summed E-state index contributed by atoms with van der Waals surface area (Å²) in [5.41, 5.74) is 0. The van der Waals surface area contributed by atoms with Gasteiger partial charge < -0.3 is 14.4 Å². The molecule has 1 aliphatic heterocycles. The summed E-state index contributed by atoms with van der Waals surface area (Å²) in [7, 11) is 0. The van der Waals surface area contributed by atoms with Crippen molar-refractivity contribution in [3.63, 3.8) is 0 Å². The summed E-state index contributed by atoms with van der Waals surface area (Å²) in [6.07, 6.45) is 0. The first-order valence-corrected chi connectivity index (χ1v) is 7.40. The van der Waals surface area contributed by atoms with Crippen LogP contribution in [0, 0.1) is 6.92 Å². The predicted molar refractivity (Wildman–Crippen MR) is 79.3 cm³/mol. The Morgan fingerprint density at radius 3 is 2.91 bits per heavy atom. The van der Waals surface area contributed by atoms with E-state index in [0.29, 0.717) is 30.6 Å². The summed E-state index contributed by atoms with van der Waals surface area (Å²) in [5.74, 6) is 3.29. The van der Waals surface area contributed by atoms with Gasteiger partial charge in [0.15, 0.2) is 5.82 Å². The summed E-state index contributed by atoms with van der Waals surface area (Å²) in [6.45, 7) is 8.55. The Morgan fingerprint density at radius 1 is 1.41 bits per heavy atom. The van der Waals surface area contributed by atoms with Crippen molar-refractivity contribution in [3.05, 3.63) is 23.5 Å². The normalized spacial score (nSPS) is 15.1. The zero-order valence-electron chi connectivity index (χ0n) is 13.0. The molecule has 0 radical (unpaired) electrons. The van der Waals surface area contributed by atoms with Gasteiger partial charge in [-0.2, -0.15) is 0 Å². The second-order valence-corrected chi connectivity index (χ2v) is 5.86. The Kier molecular flexibility index (Phi) is 3.93. The molecule has 2 aromatic heterocycles. The number of nitrogens with zero attached hydrogens (tertiary/aromatic N) is 5. The first kappa shape index (κ1) is 14.7. The number of hydrogen-bond acceptors (Lipinski definition) is 6. The van der Waals surface area contributed by atoms with Crippen LogP contribution in [0.15, 0.2) is 10.6 Å². The Hall–Kier alpha value is -2.22. The van der Waals surface area contributed by atoms with Crippen molar-refractivity contribution < 1.29 is 9.32 Å². The van der Waals surface area contributed by atoms with Gasteiger partial charge in [0.05, 0.1) is 13.1 Å². The number of amides is 1. The third-order valence-corrected chi connectivity index (χ3v) is 3.64. The van der Waals surface area contributed by atoms with Crippen molar-refractivity contribution in [1.29, 1.82) is 0 Å². The van der Waals surface area contributed by atoms with Gasteiger partial charge in [0.2, 0.25) is 5.91 Å². The van der Waals surface area contributed by atoms with E-state index in [9.17, 15) is 4.79 Å². The lowest BCUT2D eigenvalue weighted by Gasteiger charge is -2.27. The minimum absolute atomic E-state index is 0.106. The zero-order chi connectivity index (χ0) is 15.7. The maximum absolute atomic E-state index is 12.0. The lowest BCUT2D eigenvalue weighted by Crippen LogP contribution is -2.39. The highest BCUT2D eigenvalue weighted by Gasteiger charge is 2.23. The van der Waals surface area contributed by atoms with E-state index >= 15 is 0 Å². The molecule has 0 unspecified atom stereocenters. The highest BCUT2D eigenvalue weighted by atomic mass is 16.5. The molecule has 0 aliphatic carbocycles. The van der Waals surface area contributed by atoms with E-state index in [0.717, 1.165) is 24.7 Å². The molecule has 0 fully saturated rings. The van der Waals surface area contributed by atoms with E-state index in [-0.39, 0.29) is 5.91 Å². The number of fused-ring (bicyclic) bond motifs is 1. The number of carbonyl (C=O) groups is 1. The van der Waals surface area contributed by atoms with Crippen LogP contribution in [0.4, 0.5) is 5.82 Å². The number of hydrogen-bond donors (Lipinski definition) is 1. The van der Waals surface area contributed by atoms with Crippen LogP contribution < -0.4 is 5.32 Å². The molecule has 0 spiro atoms. The van der Waals surface area contributed by atoms with E-state index in [4.69, 9.17) is 4.52 Å². The molecule has 3 rings (SSSR count). The Labute approximate surface area is 128 Å². The molecule has 3 heterocycles. The lowest BCUT2D eigenvalue weighted by molar-refractivity contribution is -0.117. The first-order valence-electron chi connectivity index (χ1n) is 7.40. The molecule has 0 saturated heterocycles. The second kappa shape index (κ2) is 5.88. The average Bonchev–Trinajstić information content (AvgIpc) is 3.04. The van der Waals surface area contributed by atoms with Crippen LogP contribution in [-0.4, -0.2) is 43.8 Å². The second-order valence-electron chi connectivity index (χ2n) is 5.86. The van der Waals surface area contributed by atoms with Gasteiger partial charge in [-0.1, -0.05) is 19.0 Å². The molecule has 8 nitrogen and oxygen atoms in total. The molecule has 2 aromatic rings. The molecule has 0 aromatic carbocycles. The van der Waals surface area contributed by atoms with Gasteiger partial charge in [0, 0.05) is 25.1 Å². The summed E-state index contributed by atoms with van der Waals surface area (Å²) in [6, 6.07) is 1.69. The maximum atomic E-state index is 12.0. The minimum Gasteiger partial charge on any atom is -0.360 e. The van der Waals surface area contributed by atoms with Gasteiger partial charge in [-0.3, -0.25) is 9.69 Å². The van der Waals surface area contributed by atoms with Gasteiger partial charge in [-0.15, -0.1) is 10.2 Å². The smallest absolute Gasteiger partial charge is 0.239 e. The summed E-state index contributed by atoms with van der Waals surface area (Å²) in [5, 5.41) is 15.0. The largest absolute Gasteiger partial charge is 0.360 e. The van der Waals surface area contributed by atoms with Crippen LogP contribution in [0.25, 0.3) is 0 Å². The van der Waals surface area contributed by atoms with Crippen LogP contribution in [0.5, 0.6) is 0 Å². The molecular formula is C14H20N6O2. The van der Waals surface area contributed by atoms with Crippen molar-refractivity contribution in [2.24, 2.45) is 0 Å². The number of carbonyl (C=O) groups excluding carboxylic acids is 1. The lowest BCUT2D eigenvalue weighted by atomic mass is 10.2. The van der Waals surface area contributed by atoms with Crippen molar-refractivity contribution in [1.82, 2.24) is 24.8 Å². The molecule has 0 saturated carbocycles. The number of anilines is 1. The Balaban J connectivity index is 1.59. The van der Waals surface area contributed by atoms with Crippen LogP contribution in [0.3, 0.4) is 0 Å². The Morgan fingerprint density at radius 2 is 2.23 bits per heavy atom. The van der Waals surface area contributed by atoms with Crippen molar-refractivity contribution >= 4 is 11.7 Å². The summed E-state index contributed by atoms with van der Waals surface area (Å²) >= 11 is 0. The van der Waals surface area contributed by atoms with E-state index < -0.39 is 0 Å². The van der Waals surface area contributed by atoms with Crippen LogP contribution in [0.1, 0.15) is 37.2 Å². The molecule has 1 N–H and O–H groups in total. The van der Waals surface area contributed by atoms with Crippen molar-refractivity contribution in [3.8, 4) is 0 Å². The van der Waals surface area contributed by atoms with Gasteiger partial charge in [-0.05, 0) is 6.92 Å².